The molecule has 2 rings (SSSR count). The van der Waals surface area contributed by atoms with Crippen LogP contribution in [0, 0.1) is 0 Å². The summed E-state index contributed by atoms with van der Waals surface area (Å²) in [6.45, 7) is 4.97. The summed E-state index contributed by atoms with van der Waals surface area (Å²) in [6.07, 6.45) is 0. The highest BCUT2D eigenvalue weighted by Gasteiger charge is 2.03. The van der Waals surface area contributed by atoms with Gasteiger partial charge in [-0.1, -0.05) is 31.2 Å². The molecule has 0 aliphatic heterocycles. The summed E-state index contributed by atoms with van der Waals surface area (Å²) < 4.78 is 12.3. The molecule has 1 N–H and O–H groups in total. The quantitative estimate of drug-likeness (QED) is 0.730. The summed E-state index contributed by atoms with van der Waals surface area (Å²) in [7, 11) is 0. The Labute approximate surface area is 134 Å². The van der Waals surface area contributed by atoms with Crippen molar-refractivity contribution in [3.8, 4) is 11.5 Å². The lowest BCUT2D eigenvalue weighted by molar-refractivity contribution is 0.216. The summed E-state index contributed by atoms with van der Waals surface area (Å²) in [4.78, 5) is 0. The summed E-state index contributed by atoms with van der Waals surface area (Å²) >= 11 is 3.54. The van der Waals surface area contributed by atoms with Crippen molar-refractivity contribution in [1.29, 1.82) is 0 Å². The highest BCUT2D eigenvalue weighted by atomic mass is 79.9. The van der Waals surface area contributed by atoms with Crippen molar-refractivity contribution in [2.24, 2.45) is 0 Å². The van der Waals surface area contributed by atoms with Gasteiger partial charge in [0.05, 0.1) is 4.47 Å². The first kappa shape index (κ1) is 15.9. The van der Waals surface area contributed by atoms with Crippen LogP contribution in [0.4, 0.5) is 0 Å². The van der Waals surface area contributed by atoms with Crippen molar-refractivity contribution < 1.29 is 9.47 Å². The number of nitrogens with one attached hydrogen (secondary N) is 1. The fourth-order valence-electron chi connectivity index (χ4n) is 1.87. The number of hydrogen-bond acceptors (Lipinski definition) is 3. The van der Waals surface area contributed by atoms with E-state index in [4.69, 9.17) is 9.47 Å². The highest BCUT2D eigenvalue weighted by molar-refractivity contribution is 9.10. The molecule has 0 saturated carbocycles. The molecule has 3 nitrogen and oxygen atoms in total. The topological polar surface area (TPSA) is 30.5 Å². The molecule has 0 radical (unpaired) electrons. The van der Waals surface area contributed by atoms with Crippen molar-refractivity contribution in [3.05, 3.63) is 58.6 Å². The molecule has 2 aromatic rings. The number of benzene rings is 2. The maximum atomic E-state index is 5.73. The summed E-state index contributed by atoms with van der Waals surface area (Å²) in [5.41, 5.74) is 1.23. The minimum absolute atomic E-state index is 0.514. The first-order valence-corrected chi connectivity index (χ1v) is 7.88. The van der Waals surface area contributed by atoms with Crippen LogP contribution in [0.2, 0.25) is 0 Å². The van der Waals surface area contributed by atoms with Crippen LogP contribution >= 0.6 is 15.9 Å². The second kappa shape index (κ2) is 8.70. The maximum Gasteiger partial charge on any atom is 0.133 e. The highest BCUT2D eigenvalue weighted by Crippen LogP contribution is 2.26. The fraction of sp³-hybridized carbons (Fsp3) is 0.294. The SMILES string of the molecule is CCNCc1ccc(OCCOc2ccccc2)c(Br)c1. The van der Waals surface area contributed by atoms with E-state index in [1.807, 2.05) is 36.4 Å². The normalized spacial score (nSPS) is 10.4. The lowest BCUT2D eigenvalue weighted by Gasteiger charge is -2.11. The Balaban J connectivity index is 1.78. The van der Waals surface area contributed by atoms with Crippen LogP contribution in [-0.2, 0) is 6.54 Å². The van der Waals surface area contributed by atoms with Crippen LogP contribution in [0.1, 0.15) is 12.5 Å². The molecule has 0 atom stereocenters. The number of para-hydroxylation sites is 1. The second-order valence-electron chi connectivity index (χ2n) is 4.56. The van der Waals surface area contributed by atoms with Crippen LogP contribution in [0.25, 0.3) is 0 Å². The van der Waals surface area contributed by atoms with Crippen molar-refractivity contribution in [2.45, 2.75) is 13.5 Å². The van der Waals surface area contributed by atoms with Crippen LogP contribution in [0.3, 0.4) is 0 Å². The van der Waals surface area contributed by atoms with Gasteiger partial charge in [0.2, 0.25) is 0 Å². The third-order valence-electron chi connectivity index (χ3n) is 2.93. The Hall–Kier alpha value is -1.52. The number of hydrogen-bond donors (Lipinski definition) is 1. The molecule has 0 fully saturated rings. The Morgan fingerprint density at radius 2 is 1.76 bits per heavy atom. The third-order valence-corrected chi connectivity index (χ3v) is 3.55. The van der Waals surface area contributed by atoms with Gasteiger partial charge in [-0.2, -0.15) is 0 Å². The molecular formula is C17H20BrNO2. The van der Waals surface area contributed by atoms with Crippen LogP contribution in [0.5, 0.6) is 11.5 Å². The largest absolute Gasteiger partial charge is 0.490 e. The van der Waals surface area contributed by atoms with Crippen LogP contribution in [0.15, 0.2) is 53.0 Å². The van der Waals surface area contributed by atoms with Crippen molar-refractivity contribution in [1.82, 2.24) is 5.32 Å². The Morgan fingerprint density at radius 3 is 2.48 bits per heavy atom. The molecule has 0 bridgehead atoms. The standard InChI is InChI=1S/C17H20BrNO2/c1-2-19-13-14-8-9-17(16(18)12-14)21-11-10-20-15-6-4-3-5-7-15/h3-9,12,19H,2,10-11,13H2,1H3. The molecule has 0 heterocycles. The van der Waals surface area contributed by atoms with E-state index in [-0.39, 0.29) is 0 Å². The molecule has 0 aliphatic rings. The Morgan fingerprint density at radius 1 is 1.00 bits per heavy atom. The van der Waals surface area contributed by atoms with Gasteiger partial charge in [-0.3, -0.25) is 0 Å². The van der Waals surface area contributed by atoms with E-state index in [0.717, 1.165) is 29.1 Å². The molecule has 0 amide bonds. The summed E-state index contributed by atoms with van der Waals surface area (Å²) in [5, 5.41) is 3.30. The van der Waals surface area contributed by atoms with Gasteiger partial charge in [-0.25, -0.2) is 0 Å². The zero-order valence-electron chi connectivity index (χ0n) is 12.1. The predicted octanol–water partition coefficient (Wildman–Crippen LogP) is 4.02. The predicted molar refractivity (Wildman–Crippen MR) is 89.0 cm³/mol. The average Bonchev–Trinajstić information content (AvgIpc) is 2.52. The zero-order valence-corrected chi connectivity index (χ0v) is 13.7. The monoisotopic (exact) mass is 349 g/mol. The van der Waals surface area contributed by atoms with Crippen molar-refractivity contribution in [3.63, 3.8) is 0 Å². The van der Waals surface area contributed by atoms with E-state index in [1.165, 1.54) is 5.56 Å². The van der Waals surface area contributed by atoms with Gasteiger partial charge in [0.25, 0.3) is 0 Å². The molecule has 21 heavy (non-hydrogen) atoms. The summed E-state index contributed by atoms with van der Waals surface area (Å²) in [5.74, 6) is 1.70. The molecule has 0 unspecified atom stereocenters. The van der Waals surface area contributed by atoms with Gasteiger partial charge in [-0.15, -0.1) is 0 Å². The molecular weight excluding hydrogens is 330 g/mol. The first-order chi connectivity index (χ1) is 10.3. The van der Waals surface area contributed by atoms with E-state index >= 15 is 0 Å². The average molecular weight is 350 g/mol. The van der Waals surface area contributed by atoms with E-state index in [2.05, 4.69) is 40.3 Å². The molecule has 0 aliphatic carbocycles. The lowest BCUT2D eigenvalue weighted by Crippen LogP contribution is -2.12. The van der Waals surface area contributed by atoms with Crippen molar-refractivity contribution in [2.75, 3.05) is 19.8 Å². The zero-order chi connectivity index (χ0) is 14.9. The van der Waals surface area contributed by atoms with E-state index < -0.39 is 0 Å². The molecule has 0 saturated heterocycles. The first-order valence-electron chi connectivity index (χ1n) is 7.09. The molecule has 0 aromatic heterocycles. The Kier molecular flexibility index (Phi) is 6.57. The maximum absolute atomic E-state index is 5.73. The van der Waals surface area contributed by atoms with Crippen LogP contribution < -0.4 is 14.8 Å². The lowest BCUT2D eigenvalue weighted by atomic mass is 10.2. The van der Waals surface area contributed by atoms with Gasteiger partial charge >= 0.3 is 0 Å². The summed E-state index contributed by atoms with van der Waals surface area (Å²) in [6, 6.07) is 15.9. The number of ether oxygens (including phenoxy) is 2. The molecule has 4 heteroatoms. The van der Waals surface area contributed by atoms with E-state index in [0.29, 0.717) is 13.2 Å². The van der Waals surface area contributed by atoms with Crippen LogP contribution in [-0.4, -0.2) is 19.8 Å². The fourth-order valence-corrected chi connectivity index (χ4v) is 2.41. The van der Waals surface area contributed by atoms with Gasteiger partial charge < -0.3 is 14.8 Å². The Bertz CT molecular complexity index is 546. The number of halogens is 1. The second-order valence-corrected chi connectivity index (χ2v) is 5.41. The third kappa shape index (κ3) is 5.40. The minimum Gasteiger partial charge on any atom is -0.490 e. The van der Waals surface area contributed by atoms with Gasteiger partial charge in [0.1, 0.15) is 24.7 Å². The number of rotatable bonds is 8. The molecule has 112 valence electrons. The van der Waals surface area contributed by atoms with Gasteiger partial charge in [0, 0.05) is 6.54 Å². The minimum atomic E-state index is 0.514. The van der Waals surface area contributed by atoms with Gasteiger partial charge in [0.15, 0.2) is 0 Å². The smallest absolute Gasteiger partial charge is 0.133 e. The molecule has 2 aromatic carbocycles. The van der Waals surface area contributed by atoms with E-state index in [9.17, 15) is 0 Å². The van der Waals surface area contributed by atoms with Gasteiger partial charge in [-0.05, 0) is 52.3 Å². The molecule has 0 spiro atoms. The van der Waals surface area contributed by atoms with E-state index in [1.54, 1.807) is 0 Å². The van der Waals surface area contributed by atoms with Crippen molar-refractivity contribution >= 4 is 15.9 Å².